The number of anilines is 1. The monoisotopic (exact) mass is 326 g/mol. The predicted octanol–water partition coefficient (Wildman–Crippen LogP) is 3.53. The van der Waals surface area contributed by atoms with Crippen LogP contribution in [-0.2, 0) is 11.2 Å². The second kappa shape index (κ2) is 7.22. The molecule has 1 N–H and O–H groups in total. The molecule has 1 aromatic heterocycles. The van der Waals surface area contributed by atoms with Crippen LogP contribution in [0.3, 0.4) is 0 Å². The van der Waals surface area contributed by atoms with Gasteiger partial charge in [-0.1, -0.05) is 13.8 Å². The number of nitrogens with one attached hydrogen (secondary N) is 1. The second-order valence-electron chi connectivity index (χ2n) is 5.40. The summed E-state index contributed by atoms with van der Waals surface area (Å²) in [5, 5.41) is 4.74. The Morgan fingerprint density at radius 2 is 2.19 bits per heavy atom. The van der Waals surface area contributed by atoms with Crippen LogP contribution in [-0.4, -0.2) is 36.2 Å². The van der Waals surface area contributed by atoms with Crippen molar-refractivity contribution in [3.63, 3.8) is 0 Å². The second-order valence-corrected chi connectivity index (χ2v) is 6.92. The molecule has 0 saturated carbocycles. The number of hydrogen-bond acceptors (Lipinski definition) is 4. The van der Waals surface area contributed by atoms with Crippen LogP contribution in [0.5, 0.6) is 0 Å². The molecule has 0 spiro atoms. The van der Waals surface area contributed by atoms with Gasteiger partial charge >= 0.3 is 5.97 Å². The first kappa shape index (κ1) is 16.2. The summed E-state index contributed by atoms with van der Waals surface area (Å²) in [6, 6.07) is 1.89. The summed E-state index contributed by atoms with van der Waals surface area (Å²) in [6.07, 6.45) is 3.22. The van der Waals surface area contributed by atoms with Crippen LogP contribution in [0.4, 0.5) is 5.00 Å². The molecule has 116 valence electrons. The molecule has 2 rings (SSSR count). The molecule has 21 heavy (non-hydrogen) atoms. The smallest absolute Gasteiger partial charge is 0.340 e. The fourth-order valence-corrected chi connectivity index (χ4v) is 3.69. The van der Waals surface area contributed by atoms with Crippen molar-refractivity contribution in [2.75, 3.05) is 25.5 Å². The summed E-state index contributed by atoms with van der Waals surface area (Å²) >= 11 is 7.06. The quantitative estimate of drug-likeness (QED) is 0.680. The minimum Gasteiger partial charge on any atom is -0.465 e. The molecule has 0 aromatic carbocycles. The molecule has 2 heterocycles. The Morgan fingerprint density at radius 1 is 1.52 bits per heavy atom. The van der Waals surface area contributed by atoms with E-state index < -0.39 is 0 Å². The molecular weight excluding hydrogens is 304 g/mol. The van der Waals surface area contributed by atoms with Crippen LogP contribution in [0.1, 0.15) is 41.9 Å². The van der Waals surface area contributed by atoms with Crippen LogP contribution in [0.15, 0.2) is 6.07 Å². The van der Waals surface area contributed by atoms with E-state index in [1.165, 1.54) is 7.11 Å². The maximum absolute atomic E-state index is 11.9. The third-order valence-electron chi connectivity index (χ3n) is 3.83. The zero-order valence-corrected chi connectivity index (χ0v) is 14.4. The van der Waals surface area contributed by atoms with E-state index >= 15 is 0 Å². The lowest BCUT2D eigenvalue weighted by molar-refractivity contribution is 0.0602. The first-order chi connectivity index (χ1) is 10.0. The zero-order chi connectivity index (χ0) is 15.4. The van der Waals surface area contributed by atoms with E-state index in [1.807, 2.05) is 6.07 Å². The van der Waals surface area contributed by atoms with Gasteiger partial charge in [0.15, 0.2) is 5.11 Å². The molecule has 1 aliphatic rings. The number of carbonyl (C=O) groups is 1. The molecule has 0 bridgehead atoms. The number of ether oxygens (including phenoxy) is 1. The van der Waals surface area contributed by atoms with Gasteiger partial charge in [-0.05, 0) is 43.5 Å². The van der Waals surface area contributed by atoms with E-state index in [0.29, 0.717) is 10.7 Å². The number of hydrogen-bond donors (Lipinski definition) is 1. The van der Waals surface area contributed by atoms with Gasteiger partial charge in [-0.2, -0.15) is 0 Å². The molecule has 1 aromatic rings. The lowest BCUT2D eigenvalue weighted by atomic mass is 10.00. The van der Waals surface area contributed by atoms with Crippen molar-refractivity contribution in [2.45, 2.75) is 33.1 Å². The number of esters is 1. The van der Waals surface area contributed by atoms with Crippen LogP contribution in [0, 0.1) is 5.92 Å². The molecule has 0 aliphatic carbocycles. The van der Waals surface area contributed by atoms with Crippen molar-refractivity contribution in [1.82, 2.24) is 4.90 Å². The first-order valence-corrected chi connectivity index (χ1v) is 8.54. The number of piperidine rings is 1. The summed E-state index contributed by atoms with van der Waals surface area (Å²) < 4.78 is 4.85. The number of nitrogens with zero attached hydrogens (tertiary/aromatic N) is 1. The van der Waals surface area contributed by atoms with Gasteiger partial charge in [0.25, 0.3) is 0 Å². The van der Waals surface area contributed by atoms with Crippen molar-refractivity contribution in [3.05, 3.63) is 16.5 Å². The van der Waals surface area contributed by atoms with Crippen LogP contribution in [0.25, 0.3) is 0 Å². The fourth-order valence-electron chi connectivity index (χ4n) is 2.36. The molecule has 1 fully saturated rings. The number of rotatable bonds is 3. The van der Waals surface area contributed by atoms with E-state index in [2.05, 4.69) is 24.1 Å². The Labute approximate surface area is 135 Å². The summed E-state index contributed by atoms with van der Waals surface area (Å²) in [5.74, 6) is 0.451. The van der Waals surface area contributed by atoms with Gasteiger partial charge in [0.05, 0.1) is 12.7 Å². The zero-order valence-electron chi connectivity index (χ0n) is 12.8. The maximum Gasteiger partial charge on any atom is 0.340 e. The maximum atomic E-state index is 11.9. The highest BCUT2D eigenvalue weighted by molar-refractivity contribution is 7.80. The molecule has 0 amide bonds. The van der Waals surface area contributed by atoms with Crippen LogP contribution < -0.4 is 5.32 Å². The van der Waals surface area contributed by atoms with Gasteiger partial charge in [-0.25, -0.2) is 4.79 Å². The number of methoxy groups -OCH3 is 1. The van der Waals surface area contributed by atoms with Crippen molar-refractivity contribution in [2.24, 2.45) is 5.92 Å². The first-order valence-electron chi connectivity index (χ1n) is 7.32. The lowest BCUT2D eigenvalue weighted by Crippen LogP contribution is -2.40. The Morgan fingerprint density at radius 3 is 2.76 bits per heavy atom. The molecule has 6 heteroatoms. The van der Waals surface area contributed by atoms with E-state index in [0.717, 1.165) is 48.1 Å². The van der Waals surface area contributed by atoms with Gasteiger partial charge in [0, 0.05) is 18.0 Å². The Bertz CT molecular complexity index is 520. The summed E-state index contributed by atoms with van der Waals surface area (Å²) in [5.41, 5.74) is 0.576. The molecule has 1 saturated heterocycles. The molecule has 0 radical (unpaired) electrons. The van der Waals surface area contributed by atoms with Gasteiger partial charge in [-0.3, -0.25) is 0 Å². The summed E-state index contributed by atoms with van der Waals surface area (Å²) in [4.78, 5) is 15.2. The number of thiophene rings is 1. The number of carbonyl (C=O) groups excluding carboxylic acids is 1. The van der Waals surface area contributed by atoms with Gasteiger partial charge < -0.3 is 15.0 Å². The summed E-state index contributed by atoms with van der Waals surface area (Å²) in [6.45, 7) is 6.30. The van der Waals surface area contributed by atoms with Gasteiger partial charge in [0.1, 0.15) is 5.00 Å². The van der Waals surface area contributed by atoms with E-state index in [9.17, 15) is 4.79 Å². The molecule has 4 nitrogen and oxygen atoms in total. The van der Waals surface area contributed by atoms with Crippen molar-refractivity contribution in [1.29, 1.82) is 0 Å². The Hall–Kier alpha value is -1.14. The average molecular weight is 326 g/mol. The molecule has 0 atom stereocenters. The Balaban J connectivity index is 2.09. The minimum absolute atomic E-state index is 0.316. The highest BCUT2D eigenvalue weighted by Gasteiger charge is 2.21. The predicted molar refractivity (Wildman–Crippen MR) is 91.2 cm³/mol. The highest BCUT2D eigenvalue weighted by Crippen LogP contribution is 2.30. The number of likely N-dealkylation sites (tertiary alicyclic amines) is 1. The molecule has 1 aliphatic heterocycles. The van der Waals surface area contributed by atoms with Gasteiger partial charge in [-0.15, -0.1) is 11.3 Å². The van der Waals surface area contributed by atoms with Gasteiger partial charge in [0.2, 0.25) is 0 Å². The van der Waals surface area contributed by atoms with Crippen molar-refractivity contribution >= 4 is 39.6 Å². The third-order valence-corrected chi connectivity index (χ3v) is 5.38. The van der Waals surface area contributed by atoms with E-state index in [-0.39, 0.29) is 5.97 Å². The number of thiocarbonyl (C=S) groups is 1. The molecular formula is C15H22N2O2S2. The minimum atomic E-state index is -0.316. The lowest BCUT2D eigenvalue weighted by Gasteiger charge is -2.32. The van der Waals surface area contributed by atoms with Crippen LogP contribution >= 0.6 is 23.6 Å². The van der Waals surface area contributed by atoms with Crippen LogP contribution in [0.2, 0.25) is 0 Å². The SMILES string of the molecule is CCc1cc(C(=O)OC)c(NC(=S)N2CCC(C)CC2)s1. The molecule has 0 unspecified atom stereocenters. The number of aryl methyl sites for hydroxylation is 1. The third kappa shape index (κ3) is 3.95. The van der Waals surface area contributed by atoms with E-state index in [1.54, 1.807) is 11.3 Å². The van der Waals surface area contributed by atoms with Crippen molar-refractivity contribution in [3.8, 4) is 0 Å². The largest absolute Gasteiger partial charge is 0.465 e. The standard InChI is InChI=1S/C15H22N2O2S2/c1-4-11-9-12(14(18)19-3)13(21-11)16-15(20)17-7-5-10(2)6-8-17/h9-10H,4-8H2,1-3H3,(H,16,20). The topological polar surface area (TPSA) is 41.6 Å². The Kier molecular flexibility index (Phi) is 5.58. The highest BCUT2D eigenvalue weighted by atomic mass is 32.1. The van der Waals surface area contributed by atoms with E-state index in [4.69, 9.17) is 17.0 Å². The van der Waals surface area contributed by atoms with Crippen molar-refractivity contribution < 1.29 is 9.53 Å². The fraction of sp³-hybridized carbons (Fsp3) is 0.600. The average Bonchev–Trinajstić information content (AvgIpc) is 2.90. The normalized spacial score (nSPS) is 15.9. The summed E-state index contributed by atoms with van der Waals surface area (Å²) in [7, 11) is 1.40.